The van der Waals surface area contributed by atoms with Crippen LogP contribution in [0.4, 0.5) is 0 Å². The van der Waals surface area contributed by atoms with Gasteiger partial charge < -0.3 is 20.5 Å². The second kappa shape index (κ2) is 12.8. The molecule has 2 amide bonds. The Balaban J connectivity index is 1.91. The number of benzene rings is 4. The van der Waals surface area contributed by atoms with Crippen LogP contribution < -0.4 is 20.5 Å². The molecular weight excluding hydrogens is 592 g/mol. The van der Waals surface area contributed by atoms with Crippen LogP contribution in [-0.4, -0.2) is 42.8 Å². The summed E-state index contributed by atoms with van der Waals surface area (Å²) in [6, 6.07) is 25.7. The summed E-state index contributed by atoms with van der Waals surface area (Å²) in [6.07, 6.45) is 7.41. The van der Waals surface area contributed by atoms with E-state index in [0.29, 0.717) is 34.9 Å². The Morgan fingerprint density at radius 1 is 0.889 bits per heavy atom. The average Bonchev–Trinajstić information content (AvgIpc) is 3.47. The molecule has 0 radical (unpaired) electrons. The number of terminal acetylenes is 1. The van der Waals surface area contributed by atoms with Crippen LogP contribution in [0.15, 0.2) is 102 Å². The number of ether oxygens (including phenoxy) is 2. The van der Waals surface area contributed by atoms with E-state index in [1.54, 1.807) is 66.7 Å². The molecule has 1 aromatic heterocycles. The van der Waals surface area contributed by atoms with E-state index in [9.17, 15) is 18.0 Å². The number of primary amides is 1. The maximum atomic E-state index is 14.6. The highest BCUT2D eigenvalue weighted by molar-refractivity contribution is 7.90. The van der Waals surface area contributed by atoms with E-state index in [1.165, 1.54) is 37.4 Å². The molecule has 4 aromatic carbocycles. The fourth-order valence-corrected chi connectivity index (χ4v) is 6.29. The molecule has 0 saturated heterocycles. The summed E-state index contributed by atoms with van der Waals surface area (Å²) >= 11 is 0. The molecule has 0 aliphatic carbocycles. The lowest BCUT2D eigenvalue weighted by molar-refractivity contribution is 0.0963. The molecule has 0 unspecified atom stereocenters. The summed E-state index contributed by atoms with van der Waals surface area (Å²) in [5, 5.41) is 2.52. The number of rotatable bonds is 10. The number of aromatic nitrogens is 2. The van der Waals surface area contributed by atoms with Crippen molar-refractivity contribution in [1.82, 2.24) is 14.3 Å². The number of imidazole rings is 1. The lowest BCUT2D eigenvalue weighted by Gasteiger charge is -2.15. The highest BCUT2D eigenvalue weighted by atomic mass is 32.2. The Morgan fingerprint density at radius 2 is 1.51 bits per heavy atom. The van der Waals surface area contributed by atoms with Crippen LogP contribution in [0.2, 0.25) is 0 Å². The molecule has 3 N–H and O–H groups in total. The summed E-state index contributed by atoms with van der Waals surface area (Å²) in [5.74, 6) is -0.346. The highest BCUT2D eigenvalue weighted by Crippen LogP contribution is 2.40. The predicted molar refractivity (Wildman–Crippen MR) is 170 cm³/mol. The molecule has 1 heterocycles. The zero-order valence-corrected chi connectivity index (χ0v) is 25.2. The molecular formula is C34H28N4O6S. The fraction of sp³-hybridized carbons (Fsp3) is 0.0882. The van der Waals surface area contributed by atoms with Crippen LogP contribution in [0, 0.1) is 12.5 Å². The number of carbonyl (C=O) groups is 2. The fourth-order valence-electron chi connectivity index (χ4n) is 4.77. The van der Waals surface area contributed by atoms with Gasteiger partial charge in [0.2, 0.25) is 5.91 Å². The standard InChI is InChI=1S/C34H28N4O6S/c1-4-43-27-15-11-22(12-16-27)30-31(23-13-17-28(18-14-23)44-5-2)38(45(41,42)29-9-7-6-8-10-29)33(37-30)25-19-24(32(35)39)20-26(21-25)34(40)36-3/h1,6-21H,5H2,2-3H3,(H2,35,39)(H,36,40). The molecule has 10 nitrogen and oxygen atoms in total. The smallest absolute Gasteiger partial charge is 0.270 e. The zero-order chi connectivity index (χ0) is 32.1. The first-order valence-corrected chi connectivity index (χ1v) is 15.2. The van der Waals surface area contributed by atoms with E-state index in [4.69, 9.17) is 26.6 Å². The maximum Gasteiger partial charge on any atom is 0.270 e. The van der Waals surface area contributed by atoms with E-state index in [2.05, 4.69) is 11.4 Å². The summed E-state index contributed by atoms with van der Waals surface area (Å²) < 4.78 is 41.0. The van der Waals surface area contributed by atoms with E-state index < -0.39 is 21.8 Å². The third kappa shape index (κ3) is 6.13. The van der Waals surface area contributed by atoms with Crippen molar-refractivity contribution in [1.29, 1.82) is 0 Å². The Kier molecular flexibility index (Phi) is 8.69. The van der Waals surface area contributed by atoms with Gasteiger partial charge in [-0.3, -0.25) is 9.59 Å². The van der Waals surface area contributed by atoms with Crippen LogP contribution in [0.25, 0.3) is 33.9 Å². The minimum atomic E-state index is -4.34. The van der Waals surface area contributed by atoms with Gasteiger partial charge in [0.15, 0.2) is 5.82 Å². The molecule has 5 aromatic rings. The van der Waals surface area contributed by atoms with Crippen molar-refractivity contribution in [3.05, 3.63) is 108 Å². The molecule has 0 bridgehead atoms. The van der Waals surface area contributed by atoms with Gasteiger partial charge >= 0.3 is 0 Å². The number of nitrogens with zero attached hydrogens (tertiary/aromatic N) is 2. The SMILES string of the molecule is C#COc1ccc(-c2nc(-c3cc(C(N)=O)cc(C(=O)NC)c3)n(S(=O)(=O)c3ccccc3)c2-c2ccc(OCC)cc2)cc1. The van der Waals surface area contributed by atoms with Crippen molar-refractivity contribution >= 4 is 21.8 Å². The van der Waals surface area contributed by atoms with Gasteiger partial charge in [0.25, 0.3) is 15.9 Å². The minimum Gasteiger partial charge on any atom is -0.494 e. The van der Waals surface area contributed by atoms with E-state index >= 15 is 0 Å². The maximum absolute atomic E-state index is 14.6. The normalized spacial score (nSPS) is 11.0. The van der Waals surface area contributed by atoms with E-state index in [-0.39, 0.29) is 33.1 Å². The largest absolute Gasteiger partial charge is 0.494 e. The van der Waals surface area contributed by atoms with Crippen LogP contribution in [0.5, 0.6) is 11.5 Å². The van der Waals surface area contributed by atoms with Crippen LogP contribution in [0.1, 0.15) is 27.6 Å². The molecule has 45 heavy (non-hydrogen) atoms. The molecule has 0 aliphatic rings. The van der Waals surface area contributed by atoms with Crippen molar-refractivity contribution in [2.75, 3.05) is 13.7 Å². The lowest BCUT2D eigenvalue weighted by Crippen LogP contribution is -2.20. The summed E-state index contributed by atoms with van der Waals surface area (Å²) in [6.45, 7) is 2.31. The zero-order valence-electron chi connectivity index (χ0n) is 24.4. The van der Waals surface area contributed by atoms with Gasteiger partial charge in [0.1, 0.15) is 17.6 Å². The van der Waals surface area contributed by atoms with Crippen molar-refractivity contribution in [3.63, 3.8) is 0 Å². The predicted octanol–water partition coefficient (Wildman–Crippen LogP) is 4.95. The number of amides is 2. The number of hydrogen-bond donors (Lipinski definition) is 2. The molecule has 0 fully saturated rings. The molecule has 0 spiro atoms. The summed E-state index contributed by atoms with van der Waals surface area (Å²) in [7, 11) is -2.90. The second-order valence-electron chi connectivity index (χ2n) is 9.66. The van der Waals surface area contributed by atoms with E-state index in [1.807, 2.05) is 6.92 Å². The summed E-state index contributed by atoms with van der Waals surface area (Å²) in [5.41, 5.74) is 7.48. The molecule has 5 rings (SSSR count). The lowest BCUT2D eigenvalue weighted by atomic mass is 10.0. The van der Waals surface area contributed by atoms with Crippen molar-refractivity contribution in [2.45, 2.75) is 11.8 Å². The van der Waals surface area contributed by atoms with Gasteiger partial charge in [-0.1, -0.05) is 24.6 Å². The van der Waals surface area contributed by atoms with E-state index in [0.717, 1.165) is 3.97 Å². The van der Waals surface area contributed by atoms with Crippen LogP contribution >= 0.6 is 0 Å². The number of carbonyl (C=O) groups excluding carboxylic acids is 2. The van der Waals surface area contributed by atoms with Crippen LogP contribution in [0.3, 0.4) is 0 Å². The summed E-state index contributed by atoms with van der Waals surface area (Å²) in [4.78, 5) is 29.9. The van der Waals surface area contributed by atoms with Gasteiger partial charge in [-0.05, 0) is 85.8 Å². The first kappa shape index (κ1) is 30.6. The third-order valence-corrected chi connectivity index (χ3v) is 8.53. The topological polar surface area (TPSA) is 143 Å². The van der Waals surface area contributed by atoms with Gasteiger partial charge in [-0.2, -0.15) is 0 Å². The van der Waals surface area contributed by atoms with Crippen molar-refractivity contribution in [2.24, 2.45) is 5.73 Å². The Morgan fingerprint density at radius 3 is 2.11 bits per heavy atom. The number of nitrogens with one attached hydrogen (secondary N) is 1. The quantitative estimate of drug-likeness (QED) is 0.211. The first-order chi connectivity index (χ1) is 21.7. The second-order valence-corrected chi connectivity index (χ2v) is 11.4. The first-order valence-electron chi connectivity index (χ1n) is 13.7. The Bertz CT molecular complexity index is 2030. The van der Waals surface area contributed by atoms with Crippen LogP contribution in [-0.2, 0) is 10.0 Å². The molecule has 0 saturated carbocycles. The van der Waals surface area contributed by atoms with Gasteiger partial charge in [-0.15, -0.1) is 0 Å². The molecule has 226 valence electrons. The molecule has 11 heteroatoms. The molecule has 0 aliphatic heterocycles. The van der Waals surface area contributed by atoms with Gasteiger partial charge in [0.05, 0.1) is 22.9 Å². The average molecular weight is 621 g/mol. The highest BCUT2D eigenvalue weighted by Gasteiger charge is 2.31. The third-order valence-electron chi connectivity index (χ3n) is 6.83. The van der Waals surface area contributed by atoms with Gasteiger partial charge in [0, 0.05) is 34.9 Å². The number of nitrogens with two attached hydrogens (primary N) is 1. The Labute approximate surface area is 260 Å². The molecule has 0 atom stereocenters. The van der Waals surface area contributed by atoms with Crippen molar-refractivity contribution in [3.8, 4) is 57.9 Å². The monoisotopic (exact) mass is 620 g/mol. The number of hydrogen-bond acceptors (Lipinski definition) is 7. The van der Waals surface area contributed by atoms with Crippen molar-refractivity contribution < 1.29 is 27.5 Å². The Hall–Kier alpha value is -5.86. The van der Waals surface area contributed by atoms with Gasteiger partial charge in [-0.25, -0.2) is 17.4 Å². The minimum absolute atomic E-state index is 0.00210.